The van der Waals surface area contributed by atoms with Gasteiger partial charge in [0.2, 0.25) is 5.95 Å². The third-order valence-corrected chi connectivity index (χ3v) is 3.75. The highest BCUT2D eigenvalue weighted by Gasteiger charge is 2.13. The van der Waals surface area contributed by atoms with Crippen LogP contribution in [0.5, 0.6) is 0 Å². The van der Waals surface area contributed by atoms with E-state index in [1.165, 1.54) is 6.07 Å². The van der Waals surface area contributed by atoms with Gasteiger partial charge < -0.3 is 14.8 Å². The number of nitro groups is 1. The highest BCUT2D eigenvalue weighted by molar-refractivity contribution is 9.10. The summed E-state index contributed by atoms with van der Waals surface area (Å²) in [5.41, 5.74) is 1.72. The number of anilines is 2. The largest absolute Gasteiger partial charge is 0.379 e. The van der Waals surface area contributed by atoms with Gasteiger partial charge in [0, 0.05) is 32.9 Å². The van der Waals surface area contributed by atoms with E-state index in [1.807, 2.05) is 30.6 Å². The molecule has 0 aliphatic heterocycles. The van der Waals surface area contributed by atoms with Crippen molar-refractivity contribution in [3.63, 3.8) is 0 Å². The number of rotatable bonds is 5. The molecule has 0 aliphatic rings. The van der Waals surface area contributed by atoms with Gasteiger partial charge in [-0.05, 0) is 28.1 Å². The van der Waals surface area contributed by atoms with Crippen LogP contribution in [0.1, 0.15) is 5.69 Å². The van der Waals surface area contributed by atoms with E-state index < -0.39 is 4.92 Å². The van der Waals surface area contributed by atoms with Crippen molar-refractivity contribution < 1.29 is 4.92 Å². The topological polar surface area (TPSA) is 76.2 Å². The molecule has 1 aromatic heterocycles. The molecule has 0 atom stereocenters. The Hall–Kier alpha value is -2.09. The van der Waals surface area contributed by atoms with Crippen molar-refractivity contribution in [1.82, 2.24) is 9.55 Å². The van der Waals surface area contributed by atoms with Gasteiger partial charge in [0.05, 0.1) is 27.8 Å². The zero-order chi connectivity index (χ0) is 15.6. The molecule has 0 bridgehead atoms. The summed E-state index contributed by atoms with van der Waals surface area (Å²) in [6.07, 6.45) is 1.79. The second kappa shape index (κ2) is 6.13. The van der Waals surface area contributed by atoms with Gasteiger partial charge in [-0.1, -0.05) is 0 Å². The van der Waals surface area contributed by atoms with Crippen LogP contribution in [0.25, 0.3) is 0 Å². The van der Waals surface area contributed by atoms with E-state index in [-0.39, 0.29) is 5.69 Å². The maximum atomic E-state index is 10.9. The number of nitrogens with one attached hydrogen (secondary N) is 1. The van der Waals surface area contributed by atoms with Crippen LogP contribution in [-0.4, -0.2) is 28.6 Å². The summed E-state index contributed by atoms with van der Waals surface area (Å²) in [6, 6.07) is 4.96. The lowest BCUT2D eigenvalue weighted by atomic mass is 10.3. The number of aromatic nitrogens is 2. The first-order valence-corrected chi connectivity index (χ1v) is 7.05. The van der Waals surface area contributed by atoms with Crippen molar-refractivity contribution >= 4 is 33.3 Å². The van der Waals surface area contributed by atoms with Crippen molar-refractivity contribution in [2.75, 3.05) is 24.3 Å². The lowest BCUT2D eigenvalue weighted by Crippen LogP contribution is -2.15. The first-order chi connectivity index (χ1) is 9.90. The van der Waals surface area contributed by atoms with Crippen molar-refractivity contribution in [2.45, 2.75) is 6.54 Å². The summed E-state index contributed by atoms with van der Waals surface area (Å²) >= 11 is 3.17. The van der Waals surface area contributed by atoms with Gasteiger partial charge >= 0.3 is 0 Å². The highest BCUT2D eigenvalue weighted by atomic mass is 79.9. The van der Waals surface area contributed by atoms with Crippen molar-refractivity contribution in [3.8, 4) is 0 Å². The van der Waals surface area contributed by atoms with Crippen molar-refractivity contribution in [1.29, 1.82) is 0 Å². The number of benzene rings is 1. The third kappa shape index (κ3) is 3.33. The molecule has 1 N–H and O–H groups in total. The number of hydrogen-bond acceptors (Lipinski definition) is 5. The molecule has 0 amide bonds. The SMILES string of the molecule is CN(C)c1ncc(CNc2ccc(Br)c([N+](=O)[O-])c2)n1C. The Morgan fingerprint density at radius 3 is 2.76 bits per heavy atom. The molecule has 1 aromatic carbocycles. The minimum absolute atomic E-state index is 0.0407. The minimum Gasteiger partial charge on any atom is -0.379 e. The Morgan fingerprint density at radius 1 is 1.48 bits per heavy atom. The zero-order valence-corrected chi connectivity index (χ0v) is 13.6. The van der Waals surface area contributed by atoms with Crippen LogP contribution in [0.15, 0.2) is 28.9 Å². The Morgan fingerprint density at radius 2 is 2.19 bits per heavy atom. The fourth-order valence-electron chi connectivity index (χ4n) is 1.97. The molecule has 0 saturated carbocycles. The molecule has 0 aliphatic carbocycles. The molecule has 0 radical (unpaired) electrons. The number of nitro benzene ring substituents is 1. The second-order valence-corrected chi connectivity index (χ2v) is 5.63. The summed E-state index contributed by atoms with van der Waals surface area (Å²) in [6.45, 7) is 0.538. The molecular weight excluding hydrogens is 338 g/mol. The molecule has 112 valence electrons. The quantitative estimate of drug-likeness (QED) is 0.660. The van der Waals surface area contributed by atoms with Gasteiger partial charge in [-0.15, -0.1) is 0 Å². The van der Waals surface area contributed by atoms with E-state index >= 15 is 0 Å². The van der Waals surface area contributed by atoms with Gasteiger partial charge in [-0.25, -0.2) is 4.98 Å². The Labute approximate surface area is 130 Å². The Bertz CT molecular complexity index is 669. The molecular formula is C13H16BrN5O2. The van der Waals surface area contributed by atoms with Gasteiger partial charge in [0.15, 0.2) is 0 Å². The van der Waals surface area contributed by atoms with Crippen LogP contribution in [0, 0.1) is 10.1 Å². The third-order valence-electron chi connectivity index (χ3n) is 3.08. The van der Waals surface area contributed by atoms with Crippen LogP contribution in [-0.2, 0) is 13.6 Å². The molecule has 1 heterocycles. The van der Waals surface area contributed by atoms with E-state index in [0.29, 0.717) is 16.7 Å². The van der Waals surface area contributed by atoms with Gasteiger partial charge in [-0.3, -0.25) is 10.1 Å². The summed E-state index contributed by atoms with van der Waals surface area (Å²) in [5.74, 6) is 0.855. The summed E-state index contributed by atoms with van der Waals surface area (Å²) in [5, 5.41) is 14.1. The van der Waals surface area contributed by atoms with Crippen LogP contribution < -0.4 is 10.2 Å². The predicted octanol–water partition coefficient (Wildman–Crippen LogP) is 2.77. The van der Waals surface area contributed by atoms with Crippen LogP contribution >= 0.6 is 15.9 Å². The molecule has 2 rings (SSSR count). The van der Waals surface area contributed by atoms with E-state index in [1.54, 1.807) is 18.3 Å². The minimum atomic E-state index is -0.413. The van der Waals surface area contributed by atoms with E-state index in [2.05, 4.69) is 26.2 Å². The number of nitrogens with zero attached hydrogens (tertiary/aromatic N) is 4. The first kappa shape index (κ1) is 15.3. The zero-order valence-electron chi connectivity index (χ0n) is 12.0. The summed E-state index contributed by atoms with van der Waals surface area (Å²) < 4.78 is 2.44. The molecule has 0 saturated heterocycles. The monoisotopic (exact) mass is 353 g/mol. The molecule has 0 fully saturated rings. The lowest BCUT2D eigenvalue weighted by molar-refractivity contribution is -0.385. The Balaban J connectivity index is 2.13. The fourth-order valence-corrected chi connectivity index (χ4v) is 2.36. The number of halogens is 1. The number of imidazole rings is 1. The van der Waals surface area contributed by atoms with E-state index in [0.717, 1.165) is 11.6 Å². The van der Waals surface area contributed by atoms with Gasteiger partial charge in [-0.2, -0.15) is 0 Å². The van der Waals surface area contributed by atoms with Crippen LogP contribution in [0.3, 0.4) is 0 Å². The molecule has 21 heavy (non-hydrogen) atoms. The smallest absolute Gasteiger partial charge is 0.285 e. The van der Waals surface area contributed by atoms with Crippen molar-refractivity contribution in [3.05, 3.63) is 44.7 Å². The molecule has 8 heteroatoms. The fraction of sp³-hybridized carbons (Fsp3) is 0.308. The molecule has 2 aromatic rings. The normalized spacial score (nSPS) is 10.5. The maximum Gasteiger partial charge on any atom is 0.285 e. The van der Waals surface area contributed by atoms with E-state index in [4.69, 9.17) is 0 Å². The standard InChI is InChI=1S/C13H16BrN5O2/c1-17(2)13-16-8-10(18(13)3)7-15-9-4-5-11(14)12(6-9)19(20)21/h4-6,8,15H,7H2,1-3H3. The van der Waals surface area contributed by atoms with Crippen LogP contribution in [0.2, 0.25) is 0 Å². The van der Waals surface area contributed by atoms with Crippen molar-refractivity contribution in [2.24, 2.45) is 7.05 Å². The summed E-state index contributed by atoms with van der Waals surface area (Å²) in [7, 11) is 5.79. The van der Waals surface area contributed by atoms with Gasteiger partial charge in [0.1, 0.15) is 0 Å². The summed E-state index contributed by atoms with van der Waals surface area (Å²) in [4.78, 5) is 16.7. The average Bonchev–Trinajstić information content (AvgIpc) is 2.79. The Kier molecular flexibility index (Phi) is 4.46. The second-order valence-electron chi connectivity index (χ2n) is 4.78. The highest BCUT2D eigenvalue weighted by Crippen LogP contribution is 2.28. The van der Waals surface area contributed by atoms with E-state index in [9.17, 15) is 10.1 Å². The average molecular weight is 354 g/mol. The molecule has 0 unspecified atom stereocenters. The van der Waals surface area contributed by atoms with Gasteiger partial charge in [0.25, 0.3) is 5.69 Å². The van der Waals surface area contributed by atoms with Crippen LogP contribution in [0.4, 0.5) is 17.3 Å². The molecule has 7 nitrogen and oxygen atoms in total. The number of hydrogen-bond donors (Lipinski definition) is 1. The molecule has 0 spiro atoms. The predicted molar refractivity (Wildman–Crippen MR) is 85.7 cm³/mol. The first-order valence-electron chi connectivity index (χ1n) is 6.26. The maximum absolute atomic E-state index is 10.9. The lowest BCUT2D eigenvalue weighted by Gasteiger charge is -2.13.